The Bertz CT molecular complexity index is 238. The number of rotatable bonds is 2. The third kappa shape index (κ3) is 1.81. The van der Waals surface area contributed by atoms with Crippen LogP contribution in [0.15, 0.2) is 11.5 Å². The monoisotopic (exact) mass is 208 g/mol. The maximum Gasteiger partial charge on any atom is 0.184 e. The highest BCUT2D eigenvalue weighted by Crippen LogP contribution is 2.24. The largest absolute Gasteiger partial charge is 0.506 e. The Kier molecular flexibility index (Phi) is 3.29. The summed E-state index contributed by atoms with van der Waals surface area (Å²) < 4.78 is 4.55. The molecule has 0 amide bonds. The average molecular weight is 208 g/mol. The molecule has 14 heavy (non-hydrogen) atoms. The van der Waals surface area contributed by atoms with Crippen LogP contribution < -0.4 is 0 Å². The Morgan fingerprint density at radius 2 is 1.64 bits per heavy atom. The van der Waals surface area contributed by atoms with Crippen LogP contribution in [-0.2, 0) is 4.74 Å². The van der Waals surface area contributed by atoms with Gasteiger partial charge < -0.3 is 35.4 Å². The summed E-state index contributed by atoms with van der Waals surface area (Å²) >= 11 is 0. The van der Waals surface area contributed by atoms with Crippen molar-refractivity contribution in [1.82, 2.24) is 0 Å². The first-order valence-electron chi connectivity index (χ1n) is 3.90. The van der Waals surface area contributed by atoms with Crippen LogP contribution in [0, 0.1) is 0 Å². The number of hydrogen-bond donors (Lipinski definition) is 6. The highest BCUT2D eigenvalue weighted by atomic mass is 16.6. The summed E-state index contributed by atoms with van der Waals surface area (Å²) in [6.07, 6.45) is -6.19. The minimum atomic E-state index is -1.64. The van der Waals surface area contributed by atoms with E-state index >= 15 is 0 Å². The lowest BCUT2D eigenvalue weighted by Gasteiger charge is -2.14. The van der Waals surface area contributed by atoms with Crippen LogP contribution in [0.5, 0.6) is 0 Å². The molecular formula is C7H12O7. The van der Waals surface area contributed by atoms with Crippen molar-refractivity contribution in [2.24, 2.45) is 0 Å². The Balaban J connectivity index is 2.81. The highest BCUT2D eigenvalue weighted by molar-refractivity contribution is 5.10. The van der Waals surface area contributed by atoms with Gasteiger partial charge in [0, 0.05) is 0 Å². The van der Waals surface area contributed by atoms with Crippen LogP contribution >= 0.6 is 0 Å². The highest BCUT2D eigenvalue weighted by Gasteiger charge is 2.44. The SMILES string of the molecule is OCC(O)=C(O)[C@H]1O[C@@H](O)[C@H](O)[C@@H]1O. The standard InChI is InChI=1S/C7H12O7/c8-1-2(9)3(10)6-4(11)5(12)7(13)14-6/h4-13H,1H2/t4-,5+,6+,7+/m0/s1. The Labute approximate surface area is 79.1 Å². The van der Waals surface area contributed by atoms with Gasteiger partial charge in [0.1, 0.15) is 24.9 Å². The van der Waals surface area contributed by atoms with Gasteiger partial charge in [-0.15, -0.1) is 0 Å². The summed E-state index contributed by atoms with van der Waals surface area (Å²) in [4.78, 5) is 0. The second kappa shape index (κ2) is 4.11. The fourth-order valence-electron chi connectivity index (χ4n) is 1.13. The molecule has 7 nitrogen and oxygen atoms in total. The van der Waals surface area contributed by atoms with Crippen LogP contribution in [-0.4, -0.2) is 61.8 Å². The molecule has 0 unspecified atom stereocenters. The zero-order chi connectivity index (χ0) is 10.9. The van der Waals surface area contributed by atoms with Crippen LogP contribution in [0.25, 0.3) is 0 Å². The molecule has 6 N–H and O–H groups in total. The van der Waals surface area contributed by atoms with Crippen molar-refractivity contribution in [2.45, 2.75) is 24.6 Å². The van der Waals surface area contributed by atoms with Gasteiger partial charge in [0.2, 0.25) is 0 Å². The normalized spacial score (nSPS) is 39.7. The van der Waals surface area contributed by atoms with E-state index in [0.29, 0.717) is 0 Å². The minimum absolute atomic E-state index is 0.782. The van der Waals surface area contributed by atoms with Crippen molar-refractivity contribution in [3.05, 3.63) is 11.5 Å². The summed E-state index contributed by atoms with van der Waals surface area (Å²) in [5, 5.41) is 53.7. The predicted molar refractivity (Wildman–Crippen MR) is 42.3 cm³/mol. The van der Waals surface area contributed by atoms with Crippen molar-refractivity contribution in [3.63, 3.8) is 0 Å². The zero-order valence-corrected chi connectivity index (χ0v) is 7.11. The molecule has 1 aliphatic rings. The molecule has 1 heterocycles. The predicted octanol–water partition coefficient (Wildman–Crippen LogP) is -2.25. The van der Waals surface area contributed by atoms with Gasteiger partial charge in [-0.3, -0.25) is 0 Å². The molecule has 82 valence electrons. The number of ether oxygens (including phenoxy) is 1. The molecule has 0 aromatic heterocycles. The molecule has 0 spiro atoms. The average Bonchev–Trinajstić information content (AvgIpc) is 2.43. The summed E-state index contributed by atoms with van der Waals surface area (Å²) in [6.45, 7) is -0.829. The lowest BCUT2D eigenvalue weighted by atomic mass is 10.1. The first kappa shape index (κ1) is 11.2. The van der Waals surface area contributed by atoms with Gasteiger partial charge in [0.25, 0.3) is 0 Å². The molecule has 7 heteroatoms. The Hall–Kier alpha value is -0.860. The van der Waals surface area contributed by atoms with Crippen LogP contribution in [0.2, 0.25) is 0 Å². The van der Waals surface area contributed by atoms with E-state index in [1.54, 1.807) is 0 Å². The van der Waals surface area contributed by atoms with E-state index in [0.717, 1.165) is 0 Å². The van der Waals surface area contributed by atoms with Gasteiger partial charge in [-0.05, 0) is 0 Å². The maximum absolute atomic E-state index is 9.22. The van der Waals surface area contributed by atoms with E-state index in [1.165, 1.54) is 0 Å². The van der Waals surface area contributed by atoms with Gasteiger partial charge in [0.05, 0.1) is 0 Å². The molecule has 0 radical (unpaired) electrons. The van der Waals surface area contributed by atoms with E-state index in [2.05, 4.69) is 4.74 Å². The third-order valence-electron chi connectivity index (χ3n) is 1.95. The zero-order valence-electron chi connectivity index (χ0n) is 7.11. The van der Waals surface area contributed by atoms with Crippen LogP contribution in [0.4, 0.5) is 0 Å². The number of hydrogen-bond acceptors (Lipinski definition) is 7. The molecular weight excluding hydrogens is 196 g/mol. The Morgan fingerprint density at radius 1 is 1.07 bits per heavy atom. The molecule has 1 saturated heterocycles. The first-order chi connectivity index (χ1) is 6.49. The van der Waals surface area contributed by atoms with Gasteiger partial charge >= 0.3 is 0 Å². The van der Waals surface area contributed by atoms with Crippen molar-refractivity contribution >= 4 is 0 Å². The topological polar surface area (TPSA) is 131 Å². The summed E-state index contributed by atoms with van der Waals surface area (Å²) in [7, 11) is 0. The summed E-state index contributed by atoms with van der Waals surface area (Å²) in [5.74, 6) is -1.59. The molecule has 0 saturated carbocycles. The number of aliphatic hydroxyl groups is 6. The molecule has 0 bridgehead atoms. The summed E-state index contributed by atoms with van der Waals surface area (Å²) in [6, 6.07) is 0. The lowest BCUT2D eigenvalue weighted by molar-refractivity contribution is -0.126. The quantitative estimate of drug-likeness (QED) is 0.282. The van der Waals surface area contributed by atoms with E-state index in [-0.39, 0.29) is 0 Å². The van der Waals surface area contributed by atoms with Crippen LogP contribution in [0.1, 0.15) is 0 Å². The van der Waals surface area contributed by atoms with E-state index < -0.39 is 42.7 Å². The smallest absolute Gasteiger partial charge is 0.184 e. The van der Waals surface area contributed by atoms with Gasteiger partial charge in [-0.2, -0.15) is 0 Å². The van der Waals surface area contributed by atoms with Gasteiger partial charge in [-0.25, -0.2) is 0 Å². The van der Waals surface area contributed by atoms with E-state index in [9.17, 15) is 10.2 Å². The second-order valence-electron chi connectivity index (χ2n) is 2.92. The molecule has 0 aliphatic carbocycles. The van der Waals surface area contributed by atoms with Crippen molar-refractivity contribution in [2.75, 3.05) is 6.61 Å². The molecule has 1 fully saturated rings. The first-order valence-corrected chi connectivity index (χ1v) is 3.90. The molecule has 1 aliphatic heterocycles. The van der Waals surface area contributed by atoms with Crippen LogP contribution in [0.3, 0.4) is 0 Å². The number of aliphatic hydroxyl groups excluding tert-OH is 6. The van der Waals surface area contributed by atoms with Gasteiger partial charge in [0.15, 0.2) is 17.8 Å². The molecule has 4 atom stereocenters. The Morgan fingerprint density at radius 3 is 2.00 bits per heavy atom. The molecule has 0 aromatic rings. The van der Waals surface area contributed by atoms with E-state index in [4.69, 9.17) is 20.4 Å². The minimum Gasteiger partial charge on any atom is -0.506 e. The van der Waals surface area contributed by atoms with Crippen molar-refractivity contribution < 1.29 is 35.4 Å². The second-order valence-corrected chi connectivity index (χ2v) is 2.92. The van der Waals surface area contributed by atoms with E-state index in [1.807, 2.05) is 0 Å². The third-order valence-corrected chi connectivity index (χ3v) is 1.95. The van der Waals surface area contributed by atoms with Crippen molar-refractivity contribution in [3.8, 4) is 0 Å². The maximum atomic E-state index is 9.22. The molecule has 1 rings (SSSR count). The fraction of sp³-hybridized carbons (Fsp3) is 0.714. The molecule has 0 aromatic carbocycles. The summed E-state index contributed by atoms with van der Waals surface area (Å²) in [5.41, 5.74) is 0. The lowest BCUT2D eigenvalue weighted by Crippen LogP contribution is -2.33. The van der Waals surface area contributed by atoms with Gasteiger partial charge in [-0.1, -0.05) is 0 Å². The fourth-order valence-corrected chi connectivity index (χ4v) is 1.13. The van der Waals surface area contributed by atoms with Crippen molar-refractivity contribution in [1.29, 1.82) is 0 Å².